The Morgan fingerprint density at radius 2 is 1.79 bits per heavy atom. The number of aromatic nitrogens is 2. The van der Waals surface area contributed by atoms with Crippen molar-refractivity contribution >= 4 is 24.3 Å². The molecule has 0 N–H and O–H groups in total. The minimum Gasteiger partial charge on any atom is -0.341 e. The molecule has 2 saturated heterocycles. The average Bonchev–Trinajstić information content (AvgIpc) is 2.86. The number of carbonyl (C=O) groups is 1. The van der Waals surface area contributed by atoms with Gasteiger partial charge in [0.15, 0.2) is 0 Å². The highest BCUT2D eigenvalue weighted by Gasteiger charge is 2.31. The highest BCUT2D eigenvalue weighted by Crippen LogP contribution is 2.23. The van der Waals surface area contributed by atoms with E-state index in [1.165, 1.54) is 0 Å². The van der Waals surface area contributed by atoms with Gasteiger partial charge in [0.2, 0.25) is 11.9 Å². The topological polar surface area (TPSA) is 49.3 Å². The number of nitrogens with zero attached hydrogens (tertiary/aromatic N) is 4. The third-order valence-electron chi connectivity index (χ3n) is 3.85. The molecule has 6 heteroatoms. The number of carbonyl (C=O) groups excluding carboxylic acids is 1. The number of amides is 1. The lowest BCUT2D eigenvalue weighted by Gasteiger charge is -2.36. The first-order valence-electron chi connectivity index (χ1n) is 6.66. The van der Waals surface area contributed by atoms with Crippen molar-refractivity contribution in [3.63, 3.8) is 0 Å². The van der Waals surface area contributed by atoms with Gasteiger partial charge in [0.05, 0.1) is 0 Å². The molecule has 2 fully saturated rings. The molecule has 19 heavy (non-hydrogen) atoms. The zero-order chi connectivity index (χ0) is 12.4. The molecule has 2 aliphatic heterocycles. The summed E-state index contributed by atoms with van der Waals surface area (Å²) >= 11 is 0. The van der Waals surface area contributed by atoms with Crippen molar-refractivity contribution in [3.8, 4) is 0 Å². The minimum absolute atomic E-state index is 0. The standard InChI is InChI=1S/C13H18N4O.ClH/c18-12-3-1-8-17(12)11-4-9-16(10-5-11)13-14-6-2-7-15-13;/h2,6-7,11H,1,3-5,8-10H2;1H. The van der Waals surface area contributed by atoms with Gasteiger partial charge in [-0.3, -0.25) is 4.79 Å². The van der Waals surface area contributed by atoms with Crippen LogP contribution in [0.25, 0.3) is 0 Å². The van der Waals surface area contributed by atoms with Crippen LogP contribution in [0.1, 0.15) is 25.7 Å². The number of piperidine rings is 1. The van der Waals surface area contributed by atoms with Gasteiger partial charge in [-0.2, -0.15) is 0 Å². The van der Waals surface area contributed by atoms with Crippen molar-refractivity contribution in [1.29, 1.82) is 0 Å². The van der Waals surface area contributed by atoms with Crippen LogP contribution in [-0.2, 0) is 4.79 Å². The fourth-order valence-corrected chi connectivity index (χ4v) is 2.89. The third kappa shape index (κ3) is 2.97. The van der Waals surface area contributed by atoms with Crippen molar-refractivity contribution in [1.82, 2.24) is 14.9 Å². The number of rotatable bonds is 2. The summed E-state index contributed by atoms with van der Waals surface area (Å²) in [6, 6.07) is 2.26. The predicted molar refractivity (Wildman–Crippen MR) is 75.5 cm³/mol. The first-order valence-corrected chi connectivity index (χ1v) is 6.66. The van der Waals surface area contributed by atoms with Gasteiger partial charge in [-0.1, -0.05) is 0 Å². The lowest BCUT2D eigenvalue weighted by molar-refractivity contribution is -0.130. The first-order chi connectivity index (χ1) is 8.84. The largest absolute Gasteiger partial charge is 0.341 e. The van der Waals surface area contributed by atoms with E-state index in [1.807, 2.05) is 6.07 Å². The molecule has 1 aromatic rings. The summed E-state index contributed by atoms with van der Waals surface area (Å²) in [5.41, 5.74) is 0. The van der Waals surface area contributed by atoms with Crippen molar-refractivity contribution < 1.29 is 4.79 Å². The Labute approximate surface area is 119 Å². The molecule has 1 aromatic heterocycles. The summed E-state index contributed by atoms with van der Waals surface area (Å²) in [4.78, 5) is 24.5. The van der Waals surface area contributed by atoms with E-state index in [0.29, 0.717) is 11.9 Å². The summed E-state index contributed by atoms with van der Waals surface area (Å²) in [5, 5.41) is 0. The molecule has 0 unspecified atom stereocenters. The van der Waals surface area contributed by atoms with E-state index in [-0.39, 0.29) is 12.4 Å². The monoisotopic (exact) mass is 282 g/mol. The fraction of sp³-hybridized carbons (Fsp3) is 0.615. The van der Waals surface area contributed by atoms with Crippen LogP contribution in [0.15, 0.2) is 18.5 Å². The average molecular weight is 283 g/mol. The SMILES string of the molecule is Cl.O=C1CCCN1C1CCN(c2ncccn2)CC1. The maximum Gasteiger partial charge on any atom is 0.225 e. The molecule has 3 rings (SSSR count). The van der Waals surface area contributed by atoms with Crippen LogP contribution >= 0.6 is 12.4 Å². The van der Waals surface area contributed by atoms with Gasteiger partial charge in [-0.15, -0.1) is 12.4 Å². The van der Waals surface area contributed by atoms with Crippen LogP contribution < -0.4 is 4.90 Å². The van der Waals surface area contributed by atoms with Gasteiger partial charge in [0.25, 0.3) is 0 Å². The smallest absolute Gasteiger partial charge is 0.225 e. The summed E-state index contributed by atoms with van der Waals surface area (Å²) in [6.45, 7) is 2.84. The molecule has 2 aliphatic rings. The van der Waals surface area contributed by atoms with Crippen LogP contribution in [0.5, 0.6) is 0 Å². The number of anilines is 1. The Morgan fingerprint density at radius 3 is 2.37 bits per heavy atom. The molecule has 0 radical (unpaired) electrons. The zero-order valence-electron chi connectivity index (χ0n) is 10.9. The maximum absolute atomic E-state index is 11.7. The van der Waals surface area contributed by atoms with Crippen molar-refractivity contribution in [2.75, 3.05) is 24.5 Å². The van der Waals surface area contributed by atoms with Crippen LogP contribution in [0.2, 0.25) is 0 Å². The molecule has 1 amide bonds. The van der Waals surface area contributed by atoms with E-state index >= 15 is 0 Å². The minimum atomic E-state index is 0. The van der Waals surface area contributed by atoms with Crippen LogP contribution in [0, 0.1) is 0 Å². The number of likely N-dealkylation sites (tertiary alicyclic amines) is 1. The number of halogens is 1. The van der Waals surface area contributed by atoms with Crippen molar-refractivity contribution in [3.05, 3.63) is 18.5 Å². The molecule has 0 aliphatic carbocycles. The molecule has 0 bridgehead atoms. The van der Waals surface area contributed by atoms with E-state index in [2.05, 4.69) is 19.8 Å². The Hall–Kier alpha value is -1.36. The first kappa shape index (κ1) is 14.1. The number of hydrogen-bond donors (Lipinski definition) is 0. The predicted octanol–water partition coefficient (Wildman–Crippen LogP) is 1.49. The van der Waals surface area contributed by atoms with E-state index in [9.17, 15) is 4.79 Å². The summed E-state index contributed by atoms with van der Waals surface area (Å²) in [6.07, 6.45) is 7.38. The second-order valence-corrected chi connectivity index (χ2v) is 4.96. The number of hydrogen-bond acceptors (Lipinski definition) is 4. The molecule has 3 heterocycles. The van der Waals surface area contributed by atoms with Crippen LogP contribution in [0.4, 0.5) is 5.95 Å². The van der Waals surface area contributed by atoms with Gasteiger partial charge in [0, 0.05) is 44.5 Å². The third-order valence-corrected chi connectivity index (χ3v) is 3.85. The molecule has 5 nitrogen and oxygen atoms in total. The Kier molecular flexibility index (Phi) is 4.58. The highest BCUT2D eigenvalue weighted by atomic mass is 35.5. The fourth-order valence-electron chi connectivity index (χ4n) is 2.89. The van der Waals surface area contributed by atoms with Crippen molar-refractivity contribution in [2.45, 2.75) is 31.7 Å². The quantitative estimate of drug-likeness (QED) is 0.825. The zero-order valence-corrected chi connectivity index (χ0v) is 11.7. The lowest BCUT2D eigenvalue weighted by atomic mass is 10.0. The molecule has 0 spiro atoms. The van der Waals surface area contributed by atoms with Gasteiger partial charge < -0.3 is 9.80 Å². The van der Waals surface area contributed by atoms with Crippen molar-refractivity contribution in [2.24, 2.45) is 0 Å². The van der Waals surface area contributed by atoms with E-state index in [4.69, 9.17) is 0 Å². The second kappa shape index (κ2) is 6.19. The summed E-state index contributed by atoms with van der Waals surface area (Å²) in [5.74, 6) is 1.15. The normalized spacial score (nSPS) is 20.5. The molecular formula is C13H19ClN4O. The molecule has 0 atom stereocenters. The van der Waals surface area contributed by atoms with E-state index < -0.39 is 0 Å². The maximum atomic E-state index is 11.7. The molecular weight excluding hydrogens is 264 g/mol. The second-order valence-electron chi connectivity index (χ2n) is 4.96. The summed E-state index contributed by atoms with van der Waals surface area (Å²) < 4.78 is 0. The lowest BCUT2D eigenvalue weighted by Crippen LogP contribution is -2.45. The molecule has 0 aromatic carbocycles. The van der Waals surface area contributed by atoms with Crippen LogP contribution in [-0.4, -0.2) is 46.5 Å². The van der Waals surface area contributed by atoms with Gasteiger partial charge >= 0.3 is 0 Å². The van der Waals surface area contributed by atoms with Gasteiger partial charge in [-0.05, 0) is 25.3 Å². The van der Waals surface area contributed by atoms with Crippen LogP contribution in [0.3, 0.4) is 0 Å². The van der Waals surface area contributed by atoms with E-state index in [0.717, 1.165) is 51.3 Å². The Morgan fingerprint density at radius 1 is 1.11 bits per heavy atom. The highest BCUT2D eigenvalue weighted by molar-refractivity contribution is 5.85. The van der Waals surface area contributed by atoms with Gasteiger partial charge in [0.1, 0.15) is 0 Å². The van der Waals surface area contributed by atoms with Gasteiger partial charge in [-0.25, -0.2) is 9.97 Å². The Balaban J connectivity index is 0.00000133. The molecule has 104 valence electrons. The van der Waals surface area contributed by atoms with E-state index in [1.54, 1.807) is 12.4 Å². The summed E-state index contributed by atoms with van der Waals surface area (Å²) in [7, 11) is 0. The molecule has 0 saturated carbocycles. The Bertz CT molecular complexity index is 420.